The molecule has 1 N–H and O–H groups in total. The summed E-state index contributed by atoms with van der Waals surface area (Å²) in [4.78, 5) is 12.3. The highest BCUT2D eigenvalue weighted by Crippen LogP contribution is 2.27. The second-order valence-electron chi connectivity index (χ2n) is 5.65. The smallest absolute Gasteiger partial charge is 0.343 e. The number of carbonyl (C=O) groups excluding carboxylic acids is 1. The molecule has 0 unspecified atom stereocenters. The van der Waals surface area contributed by atoms with Crippen LogP contribution in [0.15, 0.2) is 39.9 Å². The minimum atomic E-state index is -2.05. The Labute approximate surface area is 156 Å². The van der Waals surface area contributed by atoms with E-state index >= 15 is 0 Å². The molecule has 3 aromatic rings. The number of esters is 1. The number of aryl methyl sites for hydroxylation is 1. The molecule has 0 atom stereocenters. The molecule has 0 aliphatic carbocycles. The fraction of sp³-hybridized carbons (Fsp3) is 0.158. The summed E-state index contributed by atoms with van der Waals surface area (Å²) >= 11 is 0. The minimum absolute atomic E-state index is 0.0174. The maximum atomic E-state index is 14.5. The molecule has 0 aliphatic rings. The van der Waals surface area contributed by atoms with E-state index in [-0.39, 0.29) is 17.9 Å². The van der Waals surface area contributed by atoms with E-state index in [1.54, 1.807) is 37.3 Å². The van der Waals surface area contributed by atoms with Crippen LogP contribution < -0.4 is 10.8 Å². The van der Waals surface area contributed by atoms with Crippen molar-refractivity contribution >= 4 is 22.6 Å². The van der Waals surface area contributed by atoms with E-state index in [2.05, 4.69) is 10.5 Å². The van der Waals surface area contributed by atoms with Crippen molar-refractivity contribution in [3.8, 4) is 0 Å². The molecule has 0 aliphatic heterocycles. The number of anilines is 1. The molecule has 0 amide bonds. The van der Waals surface area contributed by atoms with E-state index in [1.165, 1.54) is 6.92 Å². The maximum absolute atomic E-state index is 14.5. The van der Waals surface area contributed by atoms with Crippen LogP contribution in [0.3, 0.4) is 0 Å². The number of carbonyl (C=O) groups is 1. The molecule has 5 nitrogen and oxygen atoms in total. The lowest BCUT2D eigenvalue weighted by molar-refractivity contribution is 0.0520. The first kappa shape index (κ1) is 19.4. The van der Waals surface area contributed by atoms with Crippen LogP contribution in [0.1, 0.15) is 23.0 Å². The first-order chi connectivity index (χ1) is 13.4. The van der Waals surface area contributed by atoms with Crippen molar-refractivity contribution in [2.24, 2.45) is 5.10 Å². The number of fused-ring (bicyclic) bond motifs is 1. The van der Waals surface area contributed by atoms with Gasteiger partial charge >= 0.3 is 5.97 Å². The van der Waals surface area contributed by atoms with Crippen LogP contribution in [0.25, 0.3) is 11.0 Å². The Morgan fingerprint density at radius 2 is 1.71 bits per heavy atom. The van der Waals surface area contributed by atoms with Crippen molar-refractivity contribution in [2.45, 2.75) is 13.8 Å². The Balaban J connectivity index is 2.41. The van der Waals surface area contributed by atoms with E-state index in [0.29, 0.717) is 5.69 Å². The first-order valence-corrected chi connectivity index (χ1v) is 8.18. The molecule has 2 aromatic carbocycles. The predicted octanol–water partition coefficient (Wildman–Crippen LogP) is 4.40. The molecule has 3 rings (SSSR count). The van der Waals surface area contributed by atoms with Crippen LogP contribution in [-0.4, -0.2) is 12.6 Å². The Hall–Kier alpha value is -3.36. The molecule has 0 saturated carbocycles. The summed E-state index contributed by atoms with van der Waals surface area (Å²) in [5.74, 6) is -8.69. The fourth-order valence-electron chi connectivity index (χ4n) is 2.60. The van der Waals surface area contributed by atoms with Crippen molar-refractivity contribution in [1.29, 1.82) is 0 Å². The number of halogens is 4. The SMILES string of the molecule is CCOC(=O)c1c(C)oc2c(F)c(F)c(F)c(F)c2c1=NNc1ccccc1. The average molecular weight is 394 g/mol. The van der Waals surface area contributed by atoms with Crippen LogP contribution in [0.4, 0.5) is 23.2 Å². The molecule has 1 aromatic heterocycles. The van der Waals surface area contributed by atoms with Crippen LogP contribution in [0.2, 0.25) is 0 Å². The van der Waals surface area contributed by atoms with Gasteiger partial charge in [-0.1, -0.05) is 18.2 Å². The third kappa shape index (κ3) is 3.30. The van der Waals surface area contributed by atoms with Crippen molar-refractivity contribution in [2.75, 3.05) is 12.0 Å². The first-order valence-electron chi connectivity index (χ1n) is 8.18. The number of para-hydroxylation sites is 1. The van der Waals surface area contributed by atoms with Gasteiger partial charge < -0.3 is 9.15 Å². The topological polar surface area (TPSA) is 63.8 Å². The van der Waals surface area contributed by atoms with Crippen LogP contribution in [0.5, 0.6) is 0 Å². The van der Waals surface area contributed by atoms with Gasteiger partial charge in [0.05, 0.1) is 17.7 Å². The standard InChI is InChI=1S/C19H14F4N2O3/c1-3-27-19(26)11-9(2)28-18-12(13(20)14(21)15(22)16(18)23)17(11)25-24-10-7-5-4-6-8-10/h4-8,24H,3H2,1-2H3. The Bertz CT molecular complexity index is 1130. The van der Waals surface area contributed by atoms with E-state index in [0.717, 1.165) is 0 Å². The minimum Gasteiger partial charge on any atom is -0.462 e. The highest BCUT2D eigenvalue weighted by molar-refractivity contribution is 5.94. The van der Waals surface area contributed by atoms with E-state index in [4.69, 9.17) is 9.15 Å². The number of nitrogens with zero attached hydrogens (tertiary/aromatic N) is 1. The summed E-state index contributed by atoms with van der Waals surface area (Å²) in [6.07, 6.45) is 0. The summed E-state index contributed by atoms with van der Waals surface area (Å²) in [5.41, 5.74) is 1.77. The van der Waals surface area contributed by atoms with Gasteiger partial charge in [-0.15, -0.1) is 0 Å². The van der Waals surface area contributed by atoms with Gasteiger partial charge in [0, 0.05) is 0 Å². The number of hydrogen-bond acceptors (Lipinski definition) is 5. The summed E-state index contributed by atoms with van der Waals surface area (Å²) in [6, 6.07) is 8.34. The van der Waals surface area contributed by atoms with Gasteiger partial charge in [-0.3, -0.25) is 5.43 Å². The zero-order valence-electron chi connectivity index (χ0n) is 14.8. The Morgan fingerprint density at radius 3 is 2.36 bits per heavy atom. The number of benzene rings is 2. The Kier molecular flexibility index (Phi) is 5.34. The Morgan fingerprint density at radius 1 is 1.07 bits per heavy atom. The molecule has 0 fully saturated rings. The second kappa shape index (κ2) is 7.71. The third-order valence-corrected chi connectivity index (χ3v) is 3.85. The number of nitrogens with one attached hydrogen (secondary N) is 1. The summed E-state index contributed by atoms with van der Waals surface area (Å²) < 4.78 is 66.2. The second-order valence-corrected chi connectivity index (χ2v) is 5.65. The number of hydrogen-bond donors (Lipinski definition) is 1. The molecule has 1 heterocycles. The lowest BCUT2D eigenvalue weighted by Gasteiger charge is -2.11. The van der Waals surface area contributed by atoms with Crippen molar-refractivity contribution in [3.63, 3.8) is 0 Å². The van der Waals surface area contributed by atoms with Gasteiger partial charge in [0.1, 0.15) is 16.7 Å². The maximum Gasteiger partial charge on any atom is 0.343 e. The summed E-state index contributed by atoms with van der Waals surface area (Å²) in [7, 11) is 0. The van der Waals surface area contributed by atoms with Gasteiger partial charge in [0.2, 0.25) is 11.6 Å². The molecular weight excluding hydrogens is 380 g/mol. The number of ether oxygens (including phenoxy) is 1. The predicted molar refractivity (Wildman–Crippen MR) is 92.4 cm³/mol. The van der Waals surface area contributed by atoms with Gasteiger partial charge in [0.15, 0.2) is 17.2 Å². The lowest BCUT2D eigenvalue weighted by Crippen LogP contribution is -2.24. The molecule has 9 heteroatoms. The van der Waals surface area contributed by atoms with Gasteiger partial charge in [-0.05, 0) is 26.0 Å². The van der Waals surface area contributed by atoms with Gasteiger partial charge in [-0.2, -0.15) is 9.49 Å². The van der Waals surface area contributed by atoms with Crippen LogP contribution in [-0.2, 0) is 4.74 Å². The van der Waals surface area contributed by atoms with Crippen molar-refractivity contribution in [1.82, 2.24) is 0 Å². The monoisotopic (exact) mass is 394 g/mol. The quantitative estimate of drug-likeness (QED) is 0.234. The zero-order chi connectivity index (χ0) is 20.4. The van der Waals surface area contributed by atoms with Crippen molar-refractivity contribution in [3.05, 3.63) is 70.3 Å². The summed E-state index contributed by atoms with van der Waals surface area (Å²) in [5, 5.41) is 2.63. The molecule has 28 heavy (non-hydrogen) atoms. The molecular formula is C19H14F4N2O3. The zero-order valence-corrected chi connectivity index (χ0v) is 14.8. The largest absolute Gasteiger partial charge is 0.462 e. The highest BCUT2D eigenvalue weighted by Gasteiger charge is 2.28. The molecule has 0 spiro atoms. The average Bonchev–Trinajstić information content (AvgIpc) is 2.69. The highest BCUT2D eigenvalue weighted by atomic mass is 19.2. The molecule has 0 saturated heterocycles. The number of rotatable bonds is 4. The summed E-state index contributed by atoms with van der Waals surface area (Å²) in [6.45, 7) is 2.79. The van der Waals surface area contributed by atoms with E-state index in [1.807, 2.05) is 0 Å². The van der Waals surface area contributed by atoms with Gasteiger partial charge in [-0.25, -0.2) is 18.0 Å². The van der Waals surface area contributed by atoms with Crippen LogP contribution >= 0.6 is 0 Å². The van der Waals surface area contributed by atoms with Crippen molar-refractivity contribution < 1.29 is 31.5 Å². The van der Waals surface area contributed by atoms with Crippen LogP contribution in [0, 0.1) is 30.2 Å². The normalized spacial score (nSPS) is 11.7. The lowest BCUT2D eigenvalue weighted by atomic mass is 10.1. The molecule has 146 valence electrons. The third-order valence-electron chi connectivity index (χ3n) is 3.85. The van der Waals surface area contributed by atoms with Gasteiger partial charge in [0.25, 0.3) is 0 Å². The molecule has 0 radical (unpaired) electrons. The van der Waals surface area contributed by atoms with E-state index < -0.39 is 45.6 Å². The molecule has 0 bridgehead atoms. The fourth-order valence-corrected chi connectivity index (χ4v) is 2.60. The van der Waals surface area contributed by atoms with E-state index in [9.17, 15) is 22.4 Å².